The van der Waals surface area contributed by atoms with Crippen LogP contribution >= 0.6 is 0 Å². The van der Waals surface area contributed by atoms with Crippen LogP contribution in [0.4, 0.5) is 0 Å². The maximum absolute atomic E-state index is 10.5. The lowest BCUT2D eigenvalue weighted by Crippen LogP contribution is -2.50. The lowest BCUT2D eigenvalue weighted by molar-refractivity contribution is -0.925. The molecule has 0 amide bonds. The van der Waals surface area contributed by atoms with E-state index in [1.165, 1.54) is 0 Å². The summed E-state index contributed by atoms with van der Waals surface area (Å²) in [6.45, 7) is 8.82. The van der Waals surface area contributed by atoms with Gasteiger partial charge in [0.1, 0.15) is 6.54 Å². The summed E-state index contributed by atoms with van der Waals surface area (Å²) in [6, 6.07) is 0. The number of methoxy groups -OCH3 is 1. The van der Waals surface area contributed by atoms with E-state index in [-0.39, 0.29) is 5.75 Å². The summed E-state index contributed by atoms with van der Waals surface area (Å²) in [5.74, 6) is -0.245. The number of likely N-dealkylation sites (N-methyl/N-ethyl adjacent to an activating group) is 1. The molecular weight excluding hydrogens is 242 g/mol. The van der Waals surface area contributed by atoms with Crippen LogP contribution in [-0.2, 0) is 14.9 Å². The van der Waals surface area contributed by atoms with Gasteiger partial charge in [-0.25, -0.2) is 8.42 Å². The van der Waals surface area contributed by atoms with Crippen molar-refractivity contribution < 1.29 is 22.2 Å². The van der Waals surface area contributed by atoms with E-state index in [9.17, 15) is 13.0 Å². The largest absolute Gasteiger partial charge is 0.748 e. The van der Waals surface area contributed by atoms with Gasteiger partial charge >= 0.3 is 0 Å². The molecule has 0 fully saturated rings. The van der Waals surface area contributed by atoms with Gasteiger partial charge in [-0.15, -0.1) is 0 Å². The summed E-state index contributed by atoms with van der Waals surface area (Å²) in [6.07, 6.45) is 1.23. The average Bonchev–Trinajstić information content (AvgIpc) is 2.28. The molecule has 0 N–H and O–H groups in total. The van der Waals surface area contributed by atoms with Crippen molar-refractivity contribution in [2.75, 3.05) is 45.6 Å². The monoisotopic (exact) mass is 267 g/mol. The van der Waals surface area contributed by atoms with Gasteiger partial charge in [0, 0.05) is 12.9 Å². The van der Waals surface area contributed by atoms with Crippen LogP contribution in [0, 0.1) is 0 Å². The van der Waals surface area contributed by atoms with Gasteiger partial charge < -0.3 is 13.8 Å². The second-order valence-corrected chi connectivity index (χ2v) is 5.91. The van der Waals surface area contributed by atoms with Crippen molar-refractivity contribution in [3.63, 3.8) is 0 Å². The first-order valence-electron chi connectivity index (χ1n) is 6.16. The normalized spacial score (nSPS) is 12.9. The van der Waals surface area contributed by atoms with Gasteiger partial charge in [0.15, 0.2) is 0 Å². The number of hydrogen-bond acceptors (Lipinski definition) is 4. The number of unbranched alkanes of at least 4 members (excludes halogenated alkanes) is 1. The molecule has 0 aliphatic rings. The highest BCUT2D eigenvalue weighted by atomic mass is 32.2. The summed E-state index contributed by atoms with van der Waals surface area (Å²) in [7, 11) is -2.37. The highest BCUT2D eigenvalue weighted by molar-refractivity contribution is 7.85. The highest BCUT2D eigenvalue weighted by Crippen LogP contribution is 2.09. The van der Waals surface area contributed by atoms with E-state index in [0.29, 0.717) is 13.0 Å². The van der Waals surface area contributed by atoms with Crippen LogP contribution in [0.15, 0.2) is 0 Å². The fourth-order valence-electron chi connectivity index (χ4n) is 1.98. The summed E-state index contributed by atoms with van der Waals surface area (Å²) in [5.41, 5.74) is 0. The van der Waals surface area contributed by atoms with Crippen molar-refractivity contribution in [1.82, 2.24) is 0 Å². The Bertz CT molecular complexity index is 286. The zero-order valence-electron chi connectivity index (χ0n) is 11.1. The van der Waals surface area contributed by atoms with E-state index in [2.05, 4.69) is 13.8 Å². The van der Waals surface area contributed by atoms with E-state index < -0.39 is 10.1 Å². The molecule has 0 rings (SSSR count). The molecule has 5 nitrogen and oxygen atoms in total. The summed E-state index contributed by atoms with van der Waals surface area (Å²) in [5, 5.41) is 0. The van der Waals surface area contributed by atoms with E-state index in [4.69, 9.17) is 4.74 Å². The fourth-order valence-corrected chi connectivity index (χ4v) is 2.54. The molecule has 6 heteroatoms. The molecule has 0 bridgehead atoms. The molecule has 0 aromatic rings. The first-order valence-corrected chi connectivity index (χ1v) is 7.74. The molecule has 0 heterocycles. The Balaban J connectivity index is 4.08. The van der Waals surface area contributed by atoms with Crippen LogP contribution in [-0.4, -0.2) is 63.1 Å². The lowest BCUT2D eigenvalue weighted by atomic mass is 10.2. The van der Waals surface area contributed by atoms with E-state index in [1.807, 2.05) is 0 Å². The van der Waals surface area contributed by atoms with Gasteiger partial charge in [-0.1, -0.05) is 0 Å². The third-order valence-corrected chi connectivity index (χ3v) is 4.18. The molecule has 0 aliphatic heterocycles. The van der Waals surface area contributed by atoms with Crippen LogP contribution in [0.3, 0.4) is 0 Å². The van der Waals surface area contributed by atoms with E-state index in [1.54, 1.807) is 7.11 Å². The third kappa shape index (κ3) is 7.70. The summed E-state index contributed by atoms with van der Waals surface area (Å²) >= 11 is 0. The number of nitrogens with zero attached hydrogens (tertiary/aromatic N) is 1. The van der Waals surface area contributed by atoms with Crippen molar-refractivity contribution in [2.45, 2.75) is 26.7 Å². The predicted octanol–water partition coefficient (Wildman–Crippen LogP) is 0.815. The molecule has 17 heavy (non-hydrogen) atoms. The number of hydrogen-bond donors (Lipinski definition) is 0. The first-order chi connectivity index (χ1) is 7.89. The van der Waals surface area contributed by atoms with Crippen molar-refractivity contribution in [3.05, 3.63) is 0 Å². The van der Waals surface area contributed by atoms with Crippen LogP contribution in [0.25, 0.3) is 0 Å². The SMILES string of the molecule is CC[N+](CC)(CCCCS(=O)(=O)[O-])CCOC. The van der Waals surface area contributed by atoms with Crippen molar-refractivity contribution >= 4 is 10.1 Å². The van der Waals surface area contributed by atoms with Gasteiger partial charge in [-0.05, 0) is 26.7 Å². The Kier molecular flexibility index (Phi) is 7.94. The van der Waals surface area contributed by atoms with E-state index >= 15 is 0 Å². The number of ether oxygens (including phenoxy) is 1. The van der Waals surface area contributed by atoms with Gasteiger partial charge in [0.2, 0.25) is 0 Å². The number of quaternary nitrogens is 1. The van der Waals surface area contributed by atoms with Crippen LogP contribution in [0.5, 0.6) is 0 Å². The molecule has 0 spiro atoms. The molecular formula is C11H25NO4S. The third-order valence-electron chi connectivity index (χ3n) is 3.39. The molecule has 0 atom stereocenters. The van der Waals surface area contributed by atoms with Crippen molar-refractivity contribution in [1.29, 1.82) is 0 Å². The van der Waals surface area contributed by atoms with Crippen molar-refractivity contribution in [2.24, 2.45) is 0 Å². The standard InChI is InChI=1S/C11H25NO4S/c1-4-12(5-2,9-10-16-3)8-6-7-11-17(13,14)15/h4-11H2,1-3H3. The maximum atomic E-state index is 10.5. The molecule has 0 aromatic carbocycles. The minimum Gasteiger partial charge on any atom is -0.748 e. The Hall–Kier alpha value is -0.170. The molecule has 0 aliphatic carbocycles. The minimum atomic E-state index is -4.05. The Labute approximate surface area is 105 Å². The molecule has 0 saturated heterocycles. The topological polar surface area (TPSA) is 66.4 Å². The predicted molar refractivity (Wildman–Crippen MR) is 66.8 cm³/mol. The van der Waals surface area contributed by atoms with Gasteiger partial charge in [-0.2, -0.15) is 0 Å². The molecule has 104 valence electrons. The quantitative estimate of drug-likeness (QED) is 0.334. The Morgan fingerprint density at radius 1 is 1.12 bits per heavy atom. The zero-order valence-corrected chi connectivity index (χ0v) is 12.0. The Morgan fingerprint density at radius 3 is 2.12 bits per heavy atom. The first kappa shape index (κ1) is 16.8. The molecule has 0 saturated carbocycles. The summed E-state index contributed by atoms with van der Waals surface area (Å²) in [4.78, 5) is 0. The summed E-state index contributed by atoms with van der Waals surface area (Å²) < 4.78 is 37.5. The zero-order chi connectivity index (χ0) is 13.4. The molecule has 0 radical (unpaired) electrons. The van der Waals surface area contributed by atoms with Gasteiger partial charge in [-0.3, -0.25) is 0 Å². The van der Waals surface area contributed by atoms with Crippen molar-refractivity contribution in [3.8, 4) is 0 Å². The minimum absolute atomic E-state index is 0.245. The fraction of sp³-hybridized carbons (Fsp3) is 1.00. The Morgan fingerprint density at radius 2 is 1.71 bits per heavy atom. The van der Waals surface area contributed by atoms with Gasteiger partial charge in [0.05, 0.1) is 36.4 Å². The van der Waals surface area contributed by atoms with Crippen LogP contribution < -0.4 is 0 Å². The molecule has 0 aromatic heterocycles. The second kappa shape index (κ2) is 8.02. The average molecular weight is 267 g/mol. The second-order valence-electron chi connectivity index (χ2n) is 4.38. The number of rotatable bonds is 10. The lowest BCUT2D eigenvalue weighted by Gasteiger charge is -2.36. The van der Waals surface area contributed by atoms with Crippen LogP contribution in [0.1, 0.15) is 26.7 Å². The maximum Gasteiger partial charge on any atom is 0.102 e. The van der Waals surface area contributed by atoms with Crippen LogP contribution in [0.2, 0.25) is 0 Å². The smallest absolute Gasteiger partial charge is 0.102 e. The van der Waals surface area contributed by atoms with E-state index in [0.717, 1.165) is 37.1 Å². The molecule has 0 unspecified atom stereocenters. The van der Waals surface area contributed by atoms with Gasteiger partial charge in [0.25, 0.3) is 0 Å². The highest BCUT2D eigenvalue weighted by Gasteiger charge is 2.21.